The zero-order valence-corrected chi connectivity index (χ0v) is 11.3. The minimum Gasteiger partial charge on any atom is -0.385 e. The third kappa shape index (κ3) is 3.92. The van der Waals surface area contributed by atoms with Crippen molar-refractivity contribution in [1.82, 2.24) is 4.98 Å². The quantitative estimate of drug-likeness (QED) is 0.835. The number of nitrogens with one attached hydrogen (secondary N) is 1. The van der Waals surface area contributed by atoms with Gasteiger partial charge in [0.05, 0.1) is 5.69 Å². The third-order valence-corrected chi connectivity index (χ3v) is 3.55. The summed E-state index contributed by atoms with van der Waals surface area (Å²) in [4.78, 5) is 4.65. The number of hydrogen-bond acceptors (Lipinski definition) is 3. The van der Waals surface area contributed by atoms with E-state index in [-0.39, 0.29) is 0 Å². The first-order valence-corrected chi connectivity index (χ1v) is 6.94. The minimum atomic E-state index is -0.561. The SMILES string of the molecule is CCNc1ccnc(CSc2ccc(F)cc2F)c1. The van der Waals surface area contributed by atoms with E-state index in [1.54, 1.807) is 6.20 Å². The van der Waals surface area contributed by atoms with Crippen molar-refractivity contribution in [2.45, 2.75) is 17.6 Å². The van der Waals surface area contributed by atoms with Crippen molar-refractivity contribution in [3.05, 3.63) is 53.9 Å². The molecule has 0 spiro atoms. The van der Waals surface area contributed by atoms with E-state index >= 15 is 0 Å². The van der Waals surface area contributed by atoms with Crippen molar-refractivity contribution in [2.75, 3.05) is 11.9 Å². The molecule has 0 aliphatic heterocycles. The van der Waals surface area contributed by atoms with Gasteiger partial charge in [0, 0.05) is 35.1 Å². The number of anilines is 1. The van der Waals surface area contributed by atoms with E-state index in [0.717, 1.165) is 24.0 Å². The fourth-order valence-corrected chi connectivity index (χ4v) is 2.44. The first-order valence-electron chi connectivity index (χ1n) is 5.95. The number of benzene rings is 1. The average molecular weight is 280 g/mol. The molecular weight excluding hydrogens is 266 g/mol. The second-order valence-electron chi connectivity index (χ2n) is 3.93. The van der Waals surface area contributed by atoms with E-state index in [2.05, 4.69) is 10.3 Å². The lowest BCUT2D eigenvalue weighted by molar-refractivity contribution is 0.565. The van der Waals surface area contributed by atoms with Gasteiger partial charge in [0.2, 0.25) is 0 Å². The smallest absolute Gasteiger partial charge is 0.139 e. The lowest BCUT2D eigenvalue weighted by Gasteiger charge is -2.06. The molecule has 0 radical (unpaired) electrons. The van der Waals surface area contributed by atoms with Crippen LogP contribution in [0.1, 0.15) is 12.6 Å². The summed E-state index contributed by atoms with van der Waals surface area (Å²) in [6.45, 7) is 2.85. The number of nitrogens with zero attached hydrogens (tertiary/aromatic N) is 1. The van der Waals surface area contributed by atoms with Crippen LogP contribution in [0, 0.1) is 11.6 Å². The molecule has 1 heterocycles. The summed E-state index contributed by atoms with van der Waals surface area (Å²) in [5.74, 6) is -0.552. The summed E-state index contributed by atoms with van der Waals surface area (Å²) in [5, 5.41) is 3.19. The van der Waals surface area contributed by atoms with Crippen molar-refractivity contribution in [3.63, 3.8) is 0 Å². The predicted octanol–water partition coefficient (Wildman–Crippen LogP) is 4.08. The van der Waals surface area contributed by atoms with Crippen LogP contribution in [0.2, 0.25) is 0 Å². The second kappa shape index (κ2) is 6.52. The van der Waals surface area contributed by atoms with Gasteiger partial charge in [-0.05, 0) is 31.2 Å². The standard InChI is InChI=1S/C14H14F2N2S/c1-2-17-11-5-6-18-12(8-11)9-19-14-4-3-10(15)7-13(14)16/h3-8H,2,9H2,1H3,(H,17,18). The summed E-state index contributed by atoms with van der Waals surface area (Å²) < 4.78 is 26.2. The van der Waals surface area contributed by atoms with Gasteiger partial charge in [0.25, 0.3) is 0 Å². The van der Waals surface area contributed by atoms with Gasteiger partial charge >= 0.3 is 0 Å². The molecule has 19 heavy (non-hydrogen) atoms. The number of halogens is 2. The van der Waals surface area contributed by atoms with Crippen molar-refractivity contribution in [3.8, 4) is 0 Å². The number of hydrogen-bond donors (Lipinski definition) is 1. The Morgan fingerprint density at radius 1 is 1.21 bits per heavy atom. The van der Waals surface area contributed by atoms with Crippen LogP contribution in [0.5, 0.6) is 0 Å². The Kier molecular flexibility index (Phi) is 4.74. The van der Waals surface area contributed by atoms with Crippen molar-refractivity contribution in [1.29, 1.82) is 0 Å². The van der Waals surface area contributed by atoms with Crippen LogP contribution in [0.3, 0.4) is 0 Å². The summed E-state index contributed by atoms with van der Waals surface area (Å²) >= 11 is 1.30. The van der Waals surface area contributed by atoms with Gasteiger partial charge < -0.3 is 5.32 Å². The van der Waals surface area contributed by atoms with Gasteiger partial charge in [-0.3, -0.25) is 4.98 Å². The molecule has 2 aromatic rings. The fraction of sp³-hybridized carbons (Fsp3) is 0.214. The van der Waals surface area contributed by atoms with E-state index in [9.17, 15) is 8.78 Å². The molecule has 100 valence electrons. The summed E-state index contributed by atoms with van der Waals surface area (Å²) in [6, 6.07) is 7.41. The molecule has 2 rings (SSSR count). The zero-order valence-electron chi connectivity index (χ0n) is 10.5. The molecule has 0 unspecified atom stereocenters. The van der Waals surface area contributed by atoms with Gasteiger partial charge in [-0.2, -0.15) is 0 Å². The normalized spacial score (nSPS) is 10.5. The average Bonchev–Trinajstić information content (AvgIpc) is 2.38. The molecule has 0 saturated heterocycles. The molecule has 0 bridgehead atoms. The number of thioether (sulfide) groups is 1. The van der Waals surface area contributed by atoms with Gasteiger partial charge in [-0.15, -0.1) is 11.8 Å². The largest absolute Gasteiger partial charge is 0.385 e. The predicted molar refractivity (Wildman–Crippen MR) is 74.3 cm³/mol. The maximum Gasteiger partial charge on any atom is 0.139 e. The Morgan fingerprint density at radius 2 is 2.05 bits per heavy atom. The Hall–Kier alpha value is -1.62. The van der Waals surface area contributed by atoms with Crippen LogP contribution < -0.4 is 5.32 Å². The Morgan fingerprint density at radius 3 is 2.79 bits per heavy atom. The first-order chi connectivity index (χ1) is 9.19. The maximum absolute atomic E-state index is 13.5. The van der Waals surface area contributed by atoms with Gasteiger partial charge in [-0.1, -0.05) is 0 Å². The molecule has 0 saturated carbocycles. The lowest BCUT2D eigenvalue weighted by atomic mass is 10.3. The van der Waals surface area contributed by atoms with E-state index in [1.807, 2.05) is 19.1 Å². The highest BCUT2D eigenvalue weighted by Gasteiger charge is 2.05. The zero-order chi connectivity index (χ0) is 13.7. The van der Waals surface area contributed by atoms with Gasteiger partial charge in [0.15, 0.2) is 0 Å². The molecular formula is C14H14F2N2S. The van der Waals surface area contributed by atoms with E-state index < -0.39 is 11.6 Å². The summed E-state index contributed by atoms with van der Waals surface area (Å²) in [7, 11) is 0. The molecule has 1 aromatic heterocycles. The Balaban J connectivity index is 2.03. The Labute approximate surface area is 115 Å². The third-order valence-electron chi connectivity index (χ3n) is 2.47. The lowest BCUT2D eigenvalue weighted by Crippen LogP contribution is -1.98. The summed E-state index contributed by atoms with van der Waals surface area (Å²) in [6.07, 6.45) is 1.72. The molecule has 0 atom stereocenters. The van der Waals surface area contributed by atoms with Crippen LogP contribution in [0.15, 0.2) is 41.4 Å². The molecule has 0 aliphatic rings. The first kappa shape index (κ1) is 13.8. The monoisotopic (exact) mass is 280 g/mol. The van der Waals surface area contributed by atoms with Crippen LogP contribution in [0.25, 0.3) is 0 Å². The summed E-state index contributed by atoms with van der Waals surface area (Å²) in [5.41, 5.74) is 1.85. The van der Waals surface area contributed by atoms with Crippen molar-refractivity contribution < 1.29 is 8.78 Å². The number of pyridine rings is 1. The highest BCUT2D eigenvalue weighted by atomic mass is 32.2. The number of aromatic nitrogens is 1. The van der Waals surface area contributed by atoms with Crippen LogP contribution in [-0.2, 0) is 5.75 Å². The molecule has 1 aromatic carbocycles. The van der Waals surface area contributed by atoms with E-state index in [0.29, 0.717) is 10.6 Å². The molecule has 0 amide bonds. The van der Waals surface area contributed by atoms with Crippen molar-refractivity contribution >= 4 is 17.4 Å². The maximum atomic E-state index is 13.5. The topological polar surface area (TPSA) is 24.9 Å². The fourth-order valence-electron chi connectivity index (χ4n) is 1.62. The molecule has 0 aliphatic carbocycles. The highest BCUT2D eigenvalue weighted by Crippen LogP contribution is 2.25. The van der Waals surface area contributed by atoms with Crippen LogP contribution in [0.4, 0.5) is 14.5 Å². The van der Waals surface area contributed by atoms with E-state index in [4.69, 9.17) is 0 Å². The van der Waals surface area contributed by atoms with Gasteiger partial charge in [0.1, 0.15) is 11.6 Å². The minimum absolute atomic E-state index is 0.428. The number of rotatable bonds is 5. The molecule has 0 fully saturated rings. The second-order valence-corrected chi connectivity index (χ2v) is 4.95. The molecule has 1 N–H and O–H groups in total. The van der Waals surface area contributed by atoms with Crippen LogP contribution in [-0.4, -0.2) is 11.5 Å². The molecule has 5 heteroatoms. The van der Waals surface area contributed by atoms with Gasteiger partial charge in [-0.25, -0.2) is 8.78 Å². The highest BCUT2D eigenvalue weighted by molar-refractivity contribution is 7.98. The van der Waals surface area contributed by atoms with Crippen LogP contribution >= 0.6 is 11.8 Å². The molecule has 2 nitrogen and oxygen atoms in total. The van der Waals surface area contributed by atoms with E-state index in [1.165, 1.54) is 23.9 Å². The Bertz CT molecular complexity index is 561. The van der Waals surface area contributed by atoms with Crippen molar-refractivity contribution in [2.24, 2.45) is 0 Å².